The molecule has 1 N–H and O–H groups in total. The first kappa shape index (κ1) is 10.4. The van der Waals surface area contributed by atoms with Crippen LogP contribution in [-0.4, -0.2) is 37.6 Å². The summed E-state index contributed by atoms with van der Waals surface area (Å²) in [6.07, 6.45) is 7.08. The Labute approximate surface area is 88.1 Å². The largest absolute Gasteiger partial charge is 0.316 e. The van der Waals surface area contributed by atoms with E-state index in [4.69, 9.17) is 0 Å². The summed E-state index contributed by atoms with van der Waals surface area (Å²) in [5.74, 6) is 0. The molecule has 1 heterocycles. The van der Waals surface area contributed by atoms with Crippen LogP contribution in [0.5, 0.6) is 0 Å². The van der Waals surface area contributed by atoms with E-state index < -0.39 is 0 Å². The first-order valence-corrected chi connectivity index (χ1v) is 6.18. The lowest BCUT2D eigenvalue weighted by molar-refractivity contribution is 0.159. The van der Waals surface area contributed by atoms with Gasteiger partial charge in [0.05, 0.1) is 0 Å². The monoisotopic (exact) mass is 196 g/mol. The first-order valence-electron chi connectivity index (χ1n) is 6.18. The summed E-state index contributed by atoms with van der Waals surface area (Å²) in [7, 11) is 2.10. The smallest absolute Gasteiger partial charge is 0.0192 e. The maximum atomic E-state index is 3.42. The van der Waals surface area contributed by atoms with Crippen molar-refractivity contribution in [1.29, 1.82) is 0 Å². The lowest BCUT2D eigenvalue weighted by atomic mass is 9.99. The van der Waals surface area contributed by atoms with Crippen molar-refractivity contribution in [3.8, 4) is 0 Å². The number of hydrogen-bond donors (Lipinski definition) is 1. The van der Waals surface area contributed by atoms with Gasteiger partial charge in [-0.15, -0.1) is 0 Å². The van der Waals surface area contributed by atoms with E-state index in [-0.39, 0.29) is 0 Å². The third-order valence-electron chi connectivity index (χ3n) is 4.18. The number of likely N-dealkylation sites (N-methyl/N-ethyl adjacent to an activating group) is 1. The molecule has 2 fully saturated rings. The fourth-order valence-corrected chi connectivity index (χ4v) is 2.71. The predicted molar refractivity (Wildman–Crippen MR) is 60.5 cm³/mol. The van der Waals surface area contributed by atoms with Crippen LogP contribution in [0.4, 0.5) is 0 Å². The number of piperidine rings is 1. The van der Waals surface area contributed by atoms with E-state index >= 15 is 0 Å². The van der Waals surface area contributed by atoms with Gasteiger partial charge in [-0.05, 0) is 51.1 Å². The van der Waals surface area contributed by atoms with E-state index in [0.717, 1.165) is 11.5 Å². The van der Waals surface area contributed by atoms with Crippen molar-refractivity contribution in [3.63, 3.8) is 0 Å². The van der Waals surface area contributed by atoms with Crippen LogP contribution in [0.15, 0.2) is 0 Å². The molecule has 0 bridgehead atoms. The minimum atomic E-state index is 0.732. The van der Waals surface area contributed by atoms with E-state index in [9.17, 15) is 0 Å². The Bertz CT molecular complexity index is 187. The van der Waals surface area contributed by atoms with Gasteiger partial charge in [0.15, 0.2) is 0 Å². The molecule has 2 heteroatoms. The standard InChI is InChI=1S/C12H24N2/c1-3-12(6-7-12)10-14-8-4-5-11(9-14)13-2/h11,13H,3-10H2,1-2H3. The van der Waals surface area contributed by atoms with Crippen LogP contribution < -0.4 is 5.32 Å². The Hall–Kier alpha value is -0.0800. The van der Waals surface area contributed by atoms with Gasteiger partial charge in [-0.3, -0.25) is 0 Å². The minimum Gasteiger partial charge on any atom is -0.316 e. The highest BCUT2D eigenvalue weighted by molar-refractivity contribution is 4.95. The Morgan fingerprint density at radius 3 is 2.79 bits per heavy atom. The van der Waals surface area contributed by atoms with E-state index in [1.807, 2.05) is 0 Å². The maximum absolute atomic E-state index is 3.42. The Morgan fingerprint density at radius 2 is 2.21 bits per heavy atom. The van der Waals surface area contributed by atoms with Gasteiger partial charge in [0.25, 0.3) is 0 Å². The van der Waals surface area contributed by atoms with Crippen molar-refractivity contribution in [2.45, 2.75) is 45.1 Å². The molecule has 1 aliphatic heterocycles. The molecule has 0 aromatic rings. The average Bonchev–Trinajstić information content (AvgIpc) is 2.99. The second kappa shape index (κ2) is 4.19. The maximum Gasteiger partial charge on any atom is 0.0192 e. The molecule has 0 amide bonds. The molecule has 2 aliphatic rings. The predicted octanol–water partition coefficient (Wildman–Crippen LogP) is 1.86. The zero-order valence-electron chi connectivity index (χ0n) is 9.68. The van der Waals surface area contributed by atoms with Gasteiger partial charge < -0.3 is 10.2 Å². The zero-order chi connectivity index (χ0) is 10.0. The fourth-order valence-electron chi connectivity index (χ4n) is 2.71. The highest BCUT2D eigenvalue weighted by Gasteiger charge is 2.42. The highest BCUT2D eigenvalue weighted by Crippen LogP contribution is 2.49. The molecule has 0 radical (unpaired) electrons. The number of likely N-dealkylation sites (tertiary alicyclic amines) is 1. The van der Waals surface area contributed by atoms with Gasteiger partial charge in [0.1, 0.15) is 0 Å². The summed E-state index contributed by atoms with van der Waals surface area (Å²) >= 11 is 0. The van der Waals surface area contributed by atoms with Crippen LogP contribution in [0.1, 0.15) is 39.0 Å². The van der Waals surface area contributed by atoms with Crippen molar-refractivity contribution < 1.29 is 0 Å². The van der Waals surface area contributed by atoms with E-state index in [0.29, 0.717) is 0 Å². The van der Waals surface area contributed by atoms with Crippen LogP contribution in [0.25, 0.3) is 0 Å². The van der Waals surface area contributed by atoms with E-state index in [1.54, 1.807) is 0 Å². The lowest BCUT2D eigenvalue weighted by Crippen LogP contribution is -2.46. The lowest BCUT2D eigenvalue weighted by Gasteiger charge is -2.34. The topological polar surface area (TPSA) is 15.3 Å². The van der Waals surface area contributed by atoms with Crippen LogP contribution in [0.2, 0.25) is 0 Å². The number of rotatable bonds is 4. The molecule has 0 spiro atoms. The van der Waals surface area contributed by atoms with E-state index in [1.165, 1.54) is 51.7 Å². The molecule has 0 aromatic heterocycles. The van der Waals surface area contributed by atoms with Crippen molar-refractivity contribution in [3.05, 3.63) is 0 Å². The van der Waals surface area contributed by atoms with Gasteiger partial charge >= 0.3 is 0 Å². The molecule has 14 heavy (non-hydrogen) atoms. The Balaban J connectivity index is 1.80. The van der Waals surface area contributed by atoms with Gasteiger partial charge in [-0.25, -0.2) is 0 Å². The first-order chi connectivity index (χ1) is 6.78. The Morgan fingerprint density at radius 1 is 1.43 bits per heavy atom. The van der Waals surface area contributed by atoms with Crippen LogP contribution in [0.3, 0.4) is 0 Å². The Kier molecular flexibility index (Phi) is 3.13. The fraction of sp³-hybridized carbons (Fsp3) is 1.00. The minimum absolute atomic E-state index is 0.732. The SMILES string of the molecule is CCC1(CN2CCCC(NC)C2)CC1. The molecule has 2 rings (SSSR count). The van der Waals surface area contributed by atoms with E-state index in [2.05, 4.69) is 24.2 Å². The van der Waals surface area contributed by atoms with Gasteiger partial charge in [-0.2, -0.15) is 0 Å². The van der Waals surface area contributed by atoms with Crippen LogP contribution in [-0.2, 0) is 0 Å². The molecule has 1 unspecified atom stereocenters. The highest BCUT2D eigenvalue weighted by atomic mass is 15.2. The summed E-state index contributed by atoms with van der Waals surface area (Å²) in [6, 6.07) is 0.747. The van der Waals surface area contributed by atoms with Crippen LogP contribution in [0, 0.1) is 5.41 Å². The number of hydrogen-bond acceptors (Lipinski definition) is 2. The molecule has 2 nitrogen and oxygen atoms in total. The summed E-state index contributed by atoms with van der Waals surface area (Å²) in [6.45, 7) is 6.33. The molecular formula is C12H24N2. The molecule has 0 aromatic carbocycles. The summed E-state index contributed by atoms with van der Waals surface area (Å²) in [5.41, 5.74) is 0.732. The molecule has 1 saturated carbocycles. The van der Waals surface area contributed by atoms with Crippen molar-refractivity contribution >= 4 is 0 Å². The zero-order valence-corrected chi connectivity index (χ0v) is 9.68. The third kappa shape index (κ3) is 2.29. The number of nitrogens with one attached hydrogen (secondary N) is 1. The summed E-state index contributed by atoms with van der Waals surface area (Å²) in [5, 5.41) is 3.42. The molecule has 1 atom stereocenters. The van der Waals surface area contributed by atoms with Gasteiger partial charge in [0, 0.05) is 19.1 Å². The van der Waals surface area contributed by atoms with Crippen LogP contribution >= 0.6 is 0 Å². The average molecular weight is 196 g/mol. The van der Waals surface area contributed by atoms with Crippen molar-refractivity contribution in [2.24, 2.45) is 5.41 Å². The van der Waals surface area contributed by atoms with Crippen molar-refractivity contribution in [2.75, 3.05) is 26.7 Å². The normalized spacial score (nSPS) is 31.7. The second-order valence-corrected chi connectivity index (χ2v) is 5.22. The number of nitrogens with zero attached hydrogens (tertiary/aromatic N) is 1. The molecular weight excluding hydrogens is 172 g/mol. The quantitative estimate of drug-likeness (QED) is 0.738. The van der Waals surface area contributed by atoms with Gasteiger partial charge in [-0.1, -0.05) is 6.92 Å². The van der Waals surface area contributed by atoms with Gasteiger partial charge in [0.2, 0.25) is 0 Å². The third-order valence-corrected chi connectivity index (χ3v) is 4.18. The molecule has 82 valence electrons. The second-order valence-electron chi connectivity index (χ2n) is 5.22. The van der Waals surface area contributed by atoms with Crippen molar-refractivity contribution in [1.82, 2.24) is 10.2 Å². The molecule has 1 aliphatic carbocycles. The summed E-state index contributed by atoms with van der Waals surface area (Å²) in [4.78, 5) is 2.68. The molecule has 1 saturated heterocycles. The summed E-state index contributed by atoms with van der Waals surface area (Å²) < 4.78 is 0.